The van der Waals surface area contributed by atoms with Crippen molar-refractivity contribution in [1.82, 2.24) is 4.90 Å². The fourth-order valence-electron chi connectivity index (χ4n) is 1.86. The maximum absolute atomic E-state index is 12.2. The van der Waals surface area contributed by atoms with Gasteiger partial charge in [0, 0.05) is 11.9 Å². The molecule has 3 heteroatoms. The highest BCUT2D eigenvalue weighted by molar-refractivity contribution is 7.10. The average molecular weight is 259 g/mol. The lowest BCUT2D eigenvalue weighted by molar-refractivity contribution is -0.131. The minimum absolute atomic E-state index is 0.110. The van der Waals surface area contributed by atoms with Crippen LogP contribution in [0.2, 0.25) is 0 Å². The molecule has 0 aliphatic rings. The first kappa shape index (κ1) is 12.8. The van der Waals surface area contributed by atoms with Crippen molar-refractivity contribution in [2.75, 3.05) is 7.05 Å². The zero-order valence-electron chi connectivity index (χ0n) is 10.7. The third-order valence-corrected chi connectivity index (χ3v) is 4.04. The molecule has 0 saturated heterocycles. The van der Waals surface area contributed by atoms with Crippen LogP contribution in [0.1, 0.15) is 23.4 Å². The molecule has 94 valence electrons. The Kier molecular flexibility index (Phi) is 4.15. The fourth-order valence-corrected chi connectivity index (χ4v) is 2.55. The molecule has 1 heterocycles. The zero-order valence-corrected chi connectivity index (χ0v) is 11.5. The van der Waals surface area contributed by atoms with Crippen LogP contribution in [-0.4, -0.2) is 17.9 Å². The van der Waals surface area contributed by atoms with E-state index in [0.29, 0.717) is 6.42 Å². The second kappa shape index (κ2) is 5.83. The van der Waals surface area contributed by atoms with Gasteiger partial charge in [0.15, 0.2) is 0 Å². The summed E-state index contributed by atoms with van der Waals surface area (Å²) in [6.45, 7) is 2.06. The van der Waals surface area contributed by atoms with E-state index in [-0.39, 0.29) is 11.9 Å². The highest BCUT2D eigenvalue weighted by Gasteiger charge is 2.17. The molecule has 0 aliphatic carbocycles. The quantitative estimate of drug-likeness (QED) is 0.823. The first-order valence-electron chi connectivity index (χ1n) is 6.01. The van der Waals surface area contributed by atoms with E-state index in [1.165, 1.54) is 5.56 Å². The van der Waals surface area contributed by atoms with E-state index < -0.39 is 0 Å². The number of likely N-dealkylation sites (N-methyl/N-ethyl adjacent to an activating group) is 1. The van der Waals surface area contributed by atoms with Gasteiger partial charge in [-0.3, -0.25) is 4.79 Å². The SMILES string of the molecule is CC(c1ccccc1)N(C)C(=O)Cc1cccs1. The molecule has 2 nitrogen and oxygen atoms in total. The second-order valence-corrected chi connectivity index (χ2v) is 5.38. The topological polar surface area (TPSA) is 20.3 Å². The Labute approximate surface area is 112 Å². The number of rotatable bonds is 4. The monoisotopic (exact) mass is 259 g/mol. The van der Waals surface area contributed by atoms with Crippen molar-refractivity contribution in [3.05, 3.63) is 58.3 Å². The number of carbonyl (C=O) groups excluding carboxylic acids is 1. The van der Waals surface area contributed by atoms with E-state index in [1.807, 2.05) is 47.7 Å². The summed E-state index contributed by atoms with van der Waals surface area (Å²) >= 11 is 1.63. The lowest BCUT2D eigenvalue weighted by atomic mass is 10.1. The molecule has 1 atom stereocenters. The number of carbonyl (C=O) groups is 1. The van der Waals surface area contributed by atoms with Crippen LogP contribution in [0, 0.1) is 0 Å². The van der Waals surface area contributed by atoms with Crippen LogP contribution >= 0.6 is 11.3 Å². The molecule has 0 saturated carbocycles. The molecule has 0 bridgehead atoms. The first-order chi connectivity index (χ1) is 8.68. The summed E-state index contributed by atoms with van der Waals surface area (Å²) in [5, 5.41) is 2.00. The molecule has 1 unspecified atom stereocenters. The Morgan fingerprint density at radius 2 is 1.94 bits per heavy atom. The Hall–Kier alpha value is -1.61. The van der Waals surface area contributed by atoms with Gasteiger partial charge in [0.05, 0.1) is 12.5 Å². The van der Waals surface area contributed by atoms with Crippen molar-refractivity contribution in [3.63, 3.8) is 0 Å². The second-order valence-electron chi connectivity index (χ2n) is 4.35. The molecule has 1 aromatic heterocycles. The van der Waals surface area contributed by atoms with Crippen molar-refractivity contribution in [1.29, 1.82) is 0 Å². The molecule has 18 heavy (non-hydrogen) atoms. The Balaban J connectivity index is 2.02. The van der Waals surface area contributed by atoms with Crippen LogP contribution in [0.3, 0.4) is 0 Å². The lowest BCUT2D eigenvalue weighted by Gasteiger charge is -2.25. The molecular weight excluding hydrogens is 242 g/mol. The van der Waals surface area contributed by atoms with Crippen LogP contribution in [0.5, 0.6) is 0 Å². The van der Waals surface area contributed by atoms with Gasteiger partial charge in [-0.15, -0.1) is 11.3 Å². The van der Waals surface area contributed by atoms with Crippen molar-refractivity contribution in [3.8, 4) is 0 Å². The summed E-state index contributed by atoms with van der Waals surface area (Å²) in [7, 11) is 1.87. The molecule has 2 aromatic rings. The Bertz CT molecular complexity index is 492. The van der Waals surface area contributed by atoms with Gasteiger partial charge >= 0.3 is 0 Å². The Morgan fingerprint density at radius 3 is 2.56 bits per heavy atom. The van der Waals surface area contributed by atoms with Crippen molar-refractivity contribution in [2.24, 2.45) is 0 Å². The third-order valence-electron chi connectivity index (χ3n) is 3.16. The number of thiophene rings is 1. The van der Waals surface area contributed by atoms with E-state index in [1.54, 1.807) is 11.3 Å². The first-order valence-corrected chi connectivity index (χ1v) is 6.89. The highest BCUT2D eigenvalue weighted by atomic mass is 32.1. The largest absolute Gasteiger partial charge is 0.339 e. The molecule has 0 spiro atoms. The van der Waals surface area contributed by atoms with Crippen LogP contribution in [0.15, 0.2) is 47.8 Å². The van der Waals surface area contributed by atoms with Gasteiger partial charge in [0.25, 0.3) is 0 Å². The summed E-state index contributed by atoms with van der Waals surface area (Å²) in [6.07, 6.45) is 0.491. The fraction of sp³-hybridized carbons (Fsp3) is 0.267. The number of amides is 1. The lowest BCUT2D eigenvalue weighted by Crippen LogP contribution is -2.30. The number of nitrogens with zero attached hydrogens (tertiary/aromatic N) is 1. The van der Waals surface area contributed by atoms with Crippen LogP contribution in [0.25, 0.3) is 0 Å². The summed E-state index contributed by atoms with van der Waals surface area (Å²) in [5.41, 5.74) is 1.17. The molecule has 0 aliphatic heterocycles. The Morgan fingerprint density at radius 1 is 1.22 bits per heavy atom. The summed E-state index contributed by atoms with van der Waals surface area (Å²) in [4.78, 5) is 15.1. The molecule has 1 amide bonds. The highest BCUT2D eigenvalue weighted by Crippen LogP contribution is 2.20. The molecule has 1 aromatic carbocycles. The van der Waals surface area contributed by atoms with E-state index in [0.717, 1.165) is 4.88 Å². The number of benzene rings is 1. The minimum atomic E-state index is 0.110. The number of hydrogen-bond acceptors (Lipinski definition) is 2. The van der Waals surface area contributed by atoms with E-state index in [2.05, 4.69) is 19.1 Å². The normalized spacial score (nSPS) is 12.1. The predicted octanol–water partition coefficient (Wildman–Crippen LogP) is 3.51. The van der Waals surface area contributed by atoms with Gasteiger partial charge in [-0.1, -0.05) is 36.4 Å². The van der Waals surface area contributed by atoms with Crippen molar-refractivity contribution >= 4 is 17.2 Å². The van der Waals surface area contributed by atoms with Crippen molar-refractivity contribution < 1.29 is 4.79 Å². The standard InChI is InChI=1S/C15H17NOS/c1-12(13-7-4-3-5-8-13)16(2)15(17)11-14-9-6-10-18-14/h3-10,12H,11H2,1-2H3. The molecule has 2 rings (SSSR count). The molecular formula is C15H17NOS. The third kappa shape index (κ3) is 2.99. The number of hydrogen-bond donors (Lipinski definition) is 0. The smallest absolute Gasteiger partial charge is 0.228 e. The van der Waals surface area contributed by atoms with Gasteiger partial charge in [0.1, 0.15) is 0 Å². The van der Waals surface area contributed by atoms with E-state index >= 15 is 0 Å². The molecule has 0 fully saturated rings. The van der Waals surface area contributed by atoms with Gasteiger partial charge in [-0.05, 0) is 23.9 Å². The van der Waals surface area contributed by atoms with E-state index in [9.17, 15) is 4.79 Å². The summed E-state index contributed by atoms with van der Waals surface area (Å²) in [6, 6.07) is 14.2. The predicted molar refractivity (Wildman–Crippen MR) is 75.7 cm³/mol. The maximum atomic E-state index is 12.2. The van der Waals surface area contributed by atoms with Crippen LogP contribution in [-0.2, 0) is 11.2 Å². The van der Waals surface area contributed by atoms with E-state index in [4.69, 9.17) is 0 Å². The minimum Gasteiger partial charge on any atom is -0.339 e. The van der Waals surface area contributed by atoms with Crippen LogP contribution < -0.4 is 0 Å². The average Bonchev–Trinajstić information content (AvgIpc) is 2.91. The van der Waals surface area contributed by atoms with Gasteiger partial charge in [-0.2, -0.15) is 0 Å². The van der Waals surface area contributed by atoms with Crippen LogP contribution in [0.4, 0.5) is 0 Å². The summed E-state index contributed by atoms with van der Waals surface area (Å²) in [5.74, 6) is 0.161. The van der Waals surface area contributed by atoms with Gasteiger partial charge in [-0.25, -0.2) is 0 Å². The molecule has 0 radical (unpaired) electrons. The summed E-state index contributed by atoms with van der Waals surface area (Å²) < 4.78 is 0. The maximum Gasteiger partial charge on any atom is 0.228 e. The zero-order chi connectivity index (χ0) is 13.0. The molecule has 0 N–H and O–H groups in total. The van der Waals surface area contributed by atoms with Gasteiger partial charge in [0.2, 0.25) is 5.91 Å². The van der Waals surface area contributed by atoms with Crippen molar-refractivity contribution in [2.45, 2.75) is 19.4 Å². The van der Waals surface area contributed by atoms with Gasteiger partial charge < -0.3 is 4.90 Å².